The van der Waals surface area contributed by atoms with E-state index in [4.69, 9.17) is 8.85 Å². The fourth-order valence-corrected chi connectivity index (χ4v) is 11.6. The number of aromatic nitrogens is 4. The number of benzene rings is 2. The SMILES string of the molecule is CC(C)(C)[Si](C)(C)OC[C@]12Cc3cnn(-c4ccc(F)cc4)c3C=C1CC[C@H](C=O)C2.CC(O)[C@H]1CCC2=Cc3c(cnn3-c3ccc(F)cc3)C[C@]2(CO[Si](C)(C)C(C)(C)C)C1. The van der Waals surface area contributed by atoms with E-state index in [1.165, 1.54) is 46.5 Å². The zero-order valence-electron chi connectivity index (χ0n) is 39.5. The van der Waals surface area contributed by atoms with Gasteiger partial charge in [0.2, 0.25) is 0 Å². The number of aldehydes is 1. The number of hydrogen-bond acceptors (Lipinski definition) is 6. The number of carbonyl (C=O) groups excluding carboxylic acids is 1. The highest BCUT2D eigenvalue weighted by molar-refractivity contribution is 6.74. The first-order valence-electron chi connectivity index (χ1n) is 23.0. The normalized spacial score (nSPS) is 24.1. The van der Waals surface area contributed by atoms with E-state index in [1.54, 1.807) is 24.3 Å². The highest BCUT2D eigenvalue weighted by Crippen LogP contribution is 2.53. The Bertz CT molecular complexity index is 2330. The van der Waals surface area contributed by atoms with Gasteiger partial charge in [0.1, 0.15) is 17.9 Å². The van der Waals surface area contributed by atoms with Crippen LogP contribution in [0.4, 0.5) is 8.78 Å². The van der Waals surface area contributed by atoms with Gasteiger partial charge in [0.05, 0.1) is 41.3 Å². The molecule has 4 aromatic rings. The number of rotatable bonds is 10. The van der Waals surface area contributed by atoms with Crippen molar-refractivity contribution in [1.82, 2.24) is 19.6 Å². The summed E-state index contributed by atoms with van der Waals surface area (Å²) in [5, 5.41) is 20.0. The van der Waals surface area contributed by atoms with Crippen molar-refractivity contribution in [2.75, 3.05) is 13.2 Å². The van der Waals surface area contributed by atoms with E-state index in [2.05, 4.69) is 90.1 Å². The summed E-state index contributed by atoms with van der Waals surface area (Å²) in [6.07, 6.45) is 16.4. The number of hydrogen-bond donors (Lipinski definition) is 1. The maximum Gasteiger partial charge on any atom is 0.192 e. The number of fused-ring (bicyclic) bond motifs is 4. The fourth-order valence-electron chi connectivity index (χ4n) is 9.51. The molecule has 0 spiro atoms. The second kappa shape index (κ2) is 17.5. The summed E-state index contributed by atoms with van der Waals surface area (Å²) in [5.41, 5.74) is 8.76. The third-order valence-corrected chi connectivity index (χ3v) is 24.7. The van der Waals surface area contributed by atoms with E-state index >= 15 is 0 Å². The maximum absolute atomic E-state index is 13.4. The largest absolute Gasteiger partial charge is 0.416 e. The van der Waals surface area contributed by atoms with Gasteiger partial charge in [-0.2, -0.15) is 10.2 Å². The maximum atomic E-state index is 13.4. The highest BCUT2D eigenvalue weighted by atomic mass is 28.4. The molecular weight excluding hydrogens is 827 g/mol. The molecular formula is C51H70F2N4O4Si2. The lowest BCUT2D eigenvalue weighted by molar-refractivity contribution is -0.112. The Morgan fingerprint density at radius 2 is 1.14 bits per heavy atom. The molecule has 2 fully saturated rings. The minimum Gasteiger partial charge on any atom is -0.416 e. The Hall–Kier alpha value is -3.82. The van der Waals surface area contributed by atoms with Crippen molar-refractivity contribution in [3.63, 3.8) is 0 Å². The van der Waals surface area contributed by atoms with Gasteiger partial charge >= 0.3 is 0 Å². The molecule has 8 nitrogen and oxygen atoms in total. The van der Waals surface area contributed by atoms with Crippen LogP contribution >= 0.6 is 0 Å². The van der Waals surface area contributed by atoms with Crippen molar-refractivity contribution in [2.45, 2.75) is 142 Å². The molecule has 340 valence electrons. The first-order chi connectivity index (χ1) is 29.5. The van der Waals surface area contributed by atoms with Gasteiger partial charge in [-0.05, 0) is 172 Å². The predicted octanol–water partition coefficient (Wildman–Crippen LogP) is 12.1. The van der Waals surface area contributed by atoms with Crippen LogP contribution < -0.4 is 0 Å². The number of aliphatic hydroxyl groups excluding tert-OH is 1. The molecule has 2 saturated carbocycles. The molecule has 0 bridgehead atoms. The van der Waals surface area contributed by atoms with Gasteiger partial charge in [0.15, 0.2) is 16.6 Å². The molecule has 4 aliphatic carbocycles. The van der Waals surface area contributed by atoms with Crippen LogP contribution in [-0.4, -0.2) is 66.9 Å². The van der Waals surface area contributed by atoms with Crippen LogP contribution in [0.2, 0.25) is 36.3 Å². The molecule has 0 saturated heterocycles. The van der Waals surface area contributed by atoms with Gasteiger partial charge in [-0.25, -0.2) is 18.1 Å². The lowest BCUT2D eigenvalue weighted by atomic mass is 9.61. The fraction of sp³-hybridized carbons (Fsp3) is 0.549. The minimum atomic E-state index is -1.92. The van der Waals surface area contributed by atoms with Gasteiger partial charge in [0.25, 0.3) is 0 Å². The Labute approximate surface area is 376 Å². The summed E-state index contributed by atoms with van der Waals surface area (Å²) < 4.78 is 44.1. The molecule has 8 rings (SSSR count). The Balaban J connectivity index is 0.000000189. The van der Waals surface area contributed by atoms with Crippen LogP contribution in [0.15, 0.2) is 72.1 Å². The van der Waals surface area contributed by atoms with Crippen molar-refractivity contribution >= 4 is 35.1 Å². The minimum absolute atomic E-state index is 0.0776. The standard InChI is InChI=1S/C26H37FN2O2Si.C25H33FN2O2Si/c1-18(30)19-7-8-21-13-24-20(16-28-29(24)23-11-9-22(27)10-12-23)15-26(21,14-19)17-31-32(5,6)25(2,3)4;1-24(2,3)31(4,5)30-17-25-13-18(16-29)6-7-20(25)12-23-19(14-25)15-27-28(23)22-10-8-21(26)9-11-22/h9-13,16,18-19,30H,7-8,14-15,17H2,1-6H3;8-12,15-16,18H,6-7,13-14,17H2,1-5H3/t18?,19-,26-;18-,25-/m00/s1. The van der Waals surface area contributed by atoms with E-state index in [0.29, 0.717) is 13.2 Å². The van der Waals surface area contributed by atoms with Crippen molar-refractivity contribution < 1.29 is 27.5 Å². The summed E-state index contributed by atoms with van der Waals surface area (Å²) in [7, 11) is -3.83. The van der Waals surface area contributed by atoms with Gasteiger partial charge in [-0.3, -0.25) is 0 Å². The zero-order valence-corrected chi connectivity index (χ0v) is 41.5. The summed E-state index contributed by atoms with van der Waals surface area (Å²) in [6.45, 7) is 26.1. The molecule has 1 N–H and O–H groups in total. The molecule has 2 aromatic heterocycles. The second-order valence-electron chi connectivity index (χ2n) is 22.1. The quantitative estimate of drug-likeness (QED) is 0.126. The van der Waals surface area contributed by atoms with Crippen molar-refractivity contribution in [1.29, 1.82) is 0 Å². The lowest BCUT2D eigenvalue weighted by Gasteiger charge is -2.48. The number of aliphatic hydroxyl groups is 1. The van der Waals surface area contributed by atoms with Gasteiger partial charge < -0.3 is 18.8 Å². The van der Waals surface area contributed by atoms with Gasteiger partial charge in [-0.1, -0.05) is 52.7 Å². The Kier molecular flexibility index (Phi) is 13.1. The van der Waals surface area contributed by atoms with Gasteiger partial charge in [0, 0.05) is 30.0 Å². The van der Waals surface area contributed by atoms with Crippen molar-refractivity contribution in [3.05, 3.63) is 106 Å². The molecule has 4 aliphatic rings. The third-order valence-electron chi connectivity index (χ3n) is 15.7. The van der Waals surface area contributed by atoms with Crippen LogP contribution in [0, 0.1) is 34.3 Å². The average Bonchev–Trinajstić information content (AvgIpc) is 3.83. The summed E-state index contributed by atoms with van der Waals surface area (Å²) in [6, 6.07) is 12.9. The third kappa shape index (κ3) is 9.62. The molecule has 2 heterocycles. The first kappa shape index (κ1) is 47.2. The van der Waals surface area contributed by atoms with Crippen LogP contribution in [-0.2, 0) is 26.5 Å². The van der Waals surface area contributed by atoms with E-state index in [9.17, 15) is 18.7 Å². The molecule has 0 amide bonds. The van der Waals surface area contributed by atoms with E-state index in [1.807, 2.05) is 28.7 Å². The molecule has 0 radical (unpaired) electrons. The number of halogens is 2. The van der Waals surface area contributed by atoms with Crippen molar-refractivity contribution in [3.8, 4) is 11.4 Å². The molecule has 2 aromatic carbocycles. The topological polar surface area (TPSA) is 91.4 Å². The first-order valence-corrected chi connectivity index (χ1v) is 28.8. The highest BCUT2D eigenvalue weighted by Gasteiger charge is 2.49. The molecule has 1 unspecified atom stereocenters. The van der Waals surface area contributed by atoms with Crippen LogP contribution in [0.25, 0.3) is 23.5 Å². The van der Waals surface area contributed by atoms with E-state index < -0.39 is 16.6 Å². The molecule has 63 heavy (non-hydrogen) atoms. The summed E-state index contributed by atoms with van der Waals surface area (Å²) >= 11 is 0. The molecule has 12 heteroatoms. The number of nitrogens with zero attached hydrogens (tertiary/aromatic N) is 4. The summed E-state index contributed by atoms with van der Waals surface area (Å²) in [5.74, 6) is -0.138. The van der Waals surface area contributed by atoms with Crippen molar-refractivity contribution in [2.24, 2.45) is 22.7 Å². The zero-order chi connectivity index (χ0) is 45.8. The van der Waals surface area contributed by atoms with Crippen LogP contribution in [0.1, 0.15) is 110 Å². The number of carbonyl (C=O) groups is 1. The van der Waals surface area contributed by atoms with E-state index in [0.717, 1.165) is 80.4 Å². The second-order valence-corrected chi connectivity index (χ2v) is 31.7. The summed E-state index contributed by atoms with van der Waals surface area (Å²) in [4.78, 5) is 11.7. The van der Waals surface area contributed by atoms with Crippen LogP contribution in [0.3, 0.4) is 0 Å². The monoisotopic (exact) mass is 896 g/mol. The van der Waals surface area contributed by atoms with E-state index in [-0.39, 0.29) is 50.5 Å². The molecule has 5 atom stereocenters. The Morgan fingerprint density at radius 3 is 1.54 bits per heavy atom. The smallest absolute Gasteiger partial charge is 0.192 e. The van der Waals surface area contributed by atoms with Gasteiger partial charge in [-0.15, -0.1) is 0 Å². The van der Waals surface area contributed by atoms with Crippen LogP contribution in [0.5, 0.6) is 0 Å². The lowest BCUT2D eigenvalue weighted by Crippen LogP contribution is -2.47. The Morgan fingerprint density at radius 1 is 0.730 bits per heavy atom. The predicted molar refractivity (Wildman–Crippen MR) is 254 cm³/mol. The average molecular weight is 897 g/mol. The molecule has 0 aliphatic heterocycles.